The summed E-state index contributed by atoms with van der Waals surface area (Å²) in [6.07, 6.45) is 3.46. The Balaban J connectivity index is 1.80. The quantitative estimate of drug-likeness (QED) is 0.422. The van der Waals surface area contributed by atoms with Crippen molar-refractivity contribution in [3.05, 3.63) is 70.5 Å². The van der Waals surface area contributed by atoms with E-state index in [1.165, 1.54) is 6.07 Å². The van der Waals surface area contributed by atoms with Crippen molar-refractivity contribution in [2.24, 2.45) is 0 Å². The molecule has 150 valence electrons. The summed E-state index contributed by atoms with van der Waals surface area (Å²) in [6, 6.07) is 12.2. The second-order valence-electron chi connectivity index (χ2n) is 6.71. The van der Waals surface area contributed by atoms with Crippen LogP contribution in [0.2, 0.25) is 0 Å². The van der Waals surface area contributed by atoms with Crippen LogP contribution in [0, 0.1) is 10.1 Å². The van der Waals surface area contributed by atoms with Crippen molar-refractivity contribution in [1.29, 1.82) is 0 Å². The fraction of sp³-hybridized carbons (Fsp3) is 0.250. The number of aromatic nitrogens is 3. The van der Waals surface area contributed by atoms with Crippen LogP contribution in [-0.4, -0.2) is 52.0 Å². The highest BCUT2D eigenvalue weighted by Gasteiger charge is 2.09. The van der Waals surface area contributed by atoms with Gasteiger partial charge in [0, 0.05) is 55.8 Å². The average Bonchev–Trinajstić information content (AvgIpc) is 2.73. The van der Waals surface area contributed by atoms with E-state index in [0.29, 0.717) is 24.9 Å². The van der Waals surface area contributed by atoms with Gasteiger partial charge in [0.05, 0.1) is 10.6 Å². The number of nitrogens with zero attached hydrogens (tertiary/aromatic N) is 5. The summed E-state index contributed by atoms with van der Waals surface area (Å²) >= 11 is 0. The Bertz CT molecular complexity index is 964. The predicted octanol–water partition coefficient (Wildman–Crippen LogP) is 3.03. The van der Waals surface area contributed by atoms with Crippen LogP contribution >= 0.6 is 0 Å². The van der Waals surface area contributed by atoms with Crippen LogP contribution in [0.25, 0.3) is 11.3 Å². The van der Waals surface area contributed by atoms with E-state index < -0.39 is 4.92 Å². The van der Waals surface area contributed by atoms with Crippen molar-refractivity contribution in [2.75, 3.05) is 37.8 Å². The molecule has 29 heavy (non-hydrogen) atoms. The van der Waals surface area contributed by atoms with E-state index in [-0.39, 0.29) is 5.69 Å². The molecule has 2 N–H and O–H groups in total. The number of non-ortho nitro benzene ring substituents is 1. The van der Waals surface area contributed by atoms with Gasteiger partial charge in [-0.2, -0.15) is 4.98 Å². The Kier molecular flexibility index (Phi) is 6.64. The number of nitro groups is 1. The molecule has 0 atom stereocenters. The number of nitrogens with one attached hydrogen (secondary N) is 2. The van der Waals surface area contributed by atoms with E-state index in [1.54, 1.807) is 24.5 Å². The molecule has 0 aliphatic carbocycles. The number of hydrogen-bond donors (Lipinski definition) is 2. The van der Waals surface area contributed by atoms with Gasteiger partial charge in [-0.25, -0.2) is 4.98 Å². The summed E-state index contributed by atoms with van der Waals surface area (Å²) < 4.78 is 0. The molecule has 2 heterocycles. The van der Waals surface area contributed by atoms with Gasteiger partial charge in [0.2, 0.25) is 5.95 Å². The number of anilines is 2. The van der Waals surface area contributed by atoms with Crippen molar-refractivity contribution < 1.29 is 4.92 Å². The fourth-order valence-corrected chi connectivity index (χ4v) is 2.64. The maximum Gasteiger partial charge on any atom is 0.269 e. The highest BCUT2D eigenvalue weighted by Crippen LogP contribution is 2.21. The van der Waals surface area contributed by atoms with Crippen LogP contribution in [0.1, 0.15) is 5.56 Å². The predicted molar refractivity (Wildman–Crippen MR) is 113 cm³/mol. The molecule has 3 rings (SSSR count). The fourth-order valence-electron chi connectivity index (χ4n) is 2.64. The van der Waals surface area contributed by atoms with Crippen LogP contribution < -0.4 is 10.6 Å². The van der Waals surface area contributed by atoms with E-state index >= 15 is 0 Å². The minimum atomic E-state index is -0.401. The van der Waals surface area contributed by atoms with Gasteiger partial charge >= 0.3 is 0 Å². The molecule has 0 amide bonds. The summed E-state index contributed by atoms with van der Waals surface area (Å²) in [5.41, 5.74) is 2.47. The SMILES string of the molecule is CN(C)CCNc1nc(NCc2cccc([N+](=O)[O-])c2)cc(-c2cccnc2)n1. The van der Waals surface area contributed by atoms with Gasteiger partial charge in [-0.1, -0.05) is 12.1 Å². The third-order valence-corrected chi connectivity index (χ3v) is 4.12. The lowest BCUT2D eigenvalue weighted by atomic mass is 10.2. The molecule has 0 spiro atoms. The zero-order valence-corrected chi connectivity index (χ0v) is 16.4. The van der Waals surface area contributed by atoms with Gasteiger partial charge in [-0.15, -0.1) is 0 Å². The maximum absolute atomic E-state index is 11.0. The van der Waals surface area contributed by atoms with Crippen molar-refractivity contribution in [1.82, 2.24) is 19.9 Å². The molecule has 1 aromatic carbocycles. The first-order valence-corrected chi connectivity index (χ1v) is 9.16. The molecule has 0 unspecified atom stereocenters. The normalized spacial score (nSPS) is 10.7. The lowest BCUT2D eigenvalue weighted by Gasteiger charge is -2.13. The minimum absolute atomic E-state index is 0.0640. The average molecular weight is 393 g/mol. The van der Waals surface area contributed by atoms with Crippen molar-refractivity contribution >= 4 is 17.5 Å². The first-order valence-electron chi connectivity index (χ1n) is 9.16. The van der Waals surface area contributed by atoms with E-state index in [9.17, 15) is 10.1 Å². The first kappa shape index (κ1) is 20.2. The summed E-state index contributed by atoms with van der Waals surface area (Å²) in [6.45, 7) is 1.95. The smallest absolute Gasteiger partial charge is 0.269 e. The molecule has 9 nitrogen and oxygen atoms in total. The maximum atomic E-state index is 11.0. The molecular weight excluding hydrogens is 370 g/mol. The molecule has 0 radical (unpaired) electrons. The molecular formula is C20H23N7O2. The second-order valence-corrected chi connectivity index (χ2v) is 6.71. The number of benzene rings is 1. The van der Waals surface area contributed by atoms with Gasteiger partial charge in [-0.05, 0) is 31.8 Å². The van der Waals surface area contributed by atoms with Gasteiger partial charge < -0.3 is 15.5 Å². The Morgan fingerprint density at radius 3 is 2.69 bits per heavy atom. The van der Waals surface area contributed by atoms with Crippen molar-refractivity contribution in [3.8, 4) is 11.3 Å². The monoisotopic (exact) mass is 393 g/mol. The van der Waals surface area contributed by atoms with Gasteiger partial charge in [0.15, 0.2) is 0 Å². The molecule has 2 aromatic heterocycles. The lowest BCUT2D eigenvalue weighted by molar-refractivity contribution is -0.384. The van der Waals surface area contributed by atoms with E-state index in [1.807, 2.05) is 38.4 Å². The van der Waals surface area contributed by atoms with E-state index in [4.69, 9.17) is 0 Å². The zero-order valence-electron chi connectivity index (χ0n) is 16.4. The summed E-state index contributed by atoms with van der Waals surface area (Å²) in [5.74, 6) is 1.13. The number of hydrogen-bond acceptors (Lipinski definition) is 8. The summed E-state index contributed by atoms with van der Waals surface area (Å²) in [7, 11) is 4.00. The third-order valence-electron chi connectivity index (χ3n) is 4.12. The van der Waals surface area contributed by atoms with E-state index in [0.717, 1.165) is 23.4 Å². The molecule has 0 saturated carbocycles. The number of pyridine rings is 1. The summed E-state index contributed by atoms with van der Waals surface area (Å²) in [4.78, 5) is 25.9. The zero-order chi connectivity index (χ0) is 20.6. The van der Waals surface area contributed by atoms with Gasteiger partial charge in [-0.3, -0.25) is 15.1 Å². The number of nitro benzene ring substituents is 1. The lowest BCUT2D eigenvalue weighted by Crippen LogP contribution is -2.21. The molecule has 0 aliphatic rings. The Labute approximate surface area is 169 Å². The van der Waals surface area contributed by atoms with Gasteiger partial charge in [0.1, 0.15) is 5.82 Å². The highest BCUT2D eigenvalue weighted by atomic mass is 16.6. The molecule has 0 bridgehead atoms. The molecule has 9 heteroatoms. The van der Waals surface area contributed by atoms with Crippen LogP contribution in [0.15, 0.2) is 54.9 Å². The van der Waals surface area contributed by atoms with Crippen LogP contribution in [0.4, 0.5) is 17.5 Å². The topological polar surface area (TPSA) is 109 Å². The molecule has 0 aliphatic heterocycles. The second kappa shape index (κ2) is 9.56. The van der Waals surface area contributed by atoms with Crippen molar-refractivity contribution in [3.63, 3.8) is 0 Å². The van der Waals surface area contributed by atoms with E-state index in [2.05, 4.69) is 30.5 Å². The Hall–Kier alpha value is -3.59. The largest absolute Gasteiger partial charge is 0.366 e. The number of likely N-dealkylation sites (N-methyl/N-ethyl adjacent to an activating group) is 1. The van der Waals surface area contributed by atoms with Crippen molar-refractivity contribution in [2.45, 2.75) is 6.54 Å². The Morgan fingerprint density at radius 2 is 1.97 bits per heavy atom. The van der Waals surface area contributed by atoms with Crippen LogP contribution in [0.5, 0.6) is 0 Å². The summed E-state index contributed by atoms with van der Waals surface area (Å²) in [5, 5.41) is 17.4. The molecule has 0 fully saturated rings. The molecule has 0 saturated heterocycles. The third kappa shape index (κ3) is 5.94. The Morgan fingerprint density at radius 1 is 1.10 bits per heavy atom. The van der Waals surface area contributed by atoms with Crippen LogP contribution in [-0.2, 0) is 6.54 Å². The highest BCUT2D eigenvalue weighted by molar-refractivity contribution is 5.63. The standard InChI is InChI=1S/C20H23N7O2/c1-26(2)10-9-22-20-24-18(16-6-4-8-21-14-16)12-19(25-20)23-13-15-5-3-7-17(11-15)27(28)29/h3-8,11-12,14H,9-10,13H2,1-2H3,(H2,22,23,24,25). The molecule has 3 aromatic rings. The first-order chi connectivity index (χ1) is 14.0. The van der Waals surface area contributed by atoms with Gasteiger partial charge in [0.25, 0.3) is 5.69 Å². The number of rotatable bonds is 9. The minimum Gasteiger partial charge on any atom is -0.366 e. The van der Waals surface area contributed by atoms with Crippen LogP contribution in [0.3, 0.4) is 0 Å².